The van der Waals surface area contributed by atoms with Gasteiger partial charge in [0, 0.05) is 6.61 Å². The van der Waals surface area contributed by atoms with Crippen LogP contribution < -0.4 is 0 Å². The molecule has 1 fully saturated rings. The number of carbonyl (C=O) groups excluding carboxylic acids is 1. The van der Waals surface area contributed by atoms with Gasteiger partial charge in [-0.2, -0.15) is 13.2 Å². The summed E-state index contributed by atoms with van der Waals surface area (Å²) in [5, 5.41) is 0. The fraction of sp³-hybridized carbons (Fsp3) is 0.917. The number of halogens is 3. The lowest BCUT2D eigenvalue weighted by atomic mass is 10.1. The number of sulfone groups is 1. The first-order valence-corrected chi connectivity index (χ1v) is 8.31. The number of alkyl halides is 3. The van der Waals surface area contributed by atoms with Crippen molar-refractivity contribution >= 4 is 15.8 Å². The fourth-order valence-electron chi connectivity index (χ4n) is 2.03. The monoisotopic (exact) mass is 332 g/mol. The van der Waals surface area contributed by atoms with Crippen LogP contribution in [0.25, 0.3) is 0 Å². The van der Waals surface area contributed by atoms with Crippen LogP contribution in [0.3, 0.4) is 0 Å². The molecule has 0 aromatic heterocycles. The molecule has 21 heavy (non-hydrogen) atoms. The Bertz CT molecular complexity index is 454. The molecule has 0 bridgehead atoms. The number of methoxy groups -OCH3 is 1. The highest BCUT2D eigenvalue weighted by Crippen LogP contribution is 2.50. The van der Waals surface area contributed by atoms with E-state index in [1.165, 1.54) is 7.11 Å². The Morgan fingerprint density at radius 2 is 1.90 bits per heavy atom. The van der Waals surface area contributed by atoms with Crippen molar-refractivity contribution in [1.82, 2.24) is 0 Å². The molecule has 1 aliphatic rings. The third-order valence-corrected chi connectivity index (χ3v) is 5.20. The van der Waals surface area contributed by atoms with Gasteiger partial charge in [0.1, 0.15) is 6.61 Å². The van der Waals surface area contributed by atoms with Gasteiger partial charge < -0.3 is 9.47 Å². The van der Waals surface area contributed by atoms with Crippen LogP contribution in [0.2, 0.25) is 0 Å². The molecule has 1 saturated carbocycles. The molecule has 0 spiro atoms. The predicted octanol–water partition coefficient (Wildman–Crippen LogP) is 1.71. The fourth-order valence-corrected chi connectivity index (χ4v) is 4.06. The van der Waals surface area contributed by atoms with Crippen LogP contribution in [-0.2, 0) is 24.1 Å². The largest absolute Gasteiger partial charge is 0.469 e. The van der Waals surface area contributed by atoms with Gasteiger partial charge in [-0.3, -0.25) is 4.79 Å². The number of ether oxygens (including phenoxy) is 2. The SMILES string of the molecule is COC(=O)CC1(CS(=O)(=O)CCCOCC(F)(F)F)CC1. The van der Waals surface area contributed by atoms with E-state index in [1.807, 2.05) is 0 Å². The van der Waals surface area contributed by atoms with Crippen molar-refractivity contribution in [1.29, 1.82) is 0 Å². The Morgan fingerprint density at radius 3 is 2.38 bits per heavy atom. The molecular weight excluding hydrogens is 313 g/mol. The zero-order valence-electron chi connectivity index (χ0n) is 11.7. The van der Waals surface area contributed by atoms with E-state index >= 15 is 0 Å². The van der Waals surface area contributed by atoms with E-state index < -0.39 is 34.0 Å². The van der Waals surface area contributed by atoms with Crippen molar-refractivity contribution in [2.75, 3.05) is 31.8 Å². The van der Waals surface area contributed by atoms with Crippen LogP contribution in [-0.4, -0.2) is 52.4 Å². The molecule has 1 rings (SSSR count). The second-order valence-corrected chi connectivity index (χ2v) is 7.55. The topological polar surface area (TPSA) is 69.7 Å². The quantitative estimate of drug-likeness (QED) is 0.475. The van der Waals surface area contributed by atoms with Gasteiger partial charge in [-0.15, -0.1) is 0 Å². The molecular formula is C12H19F3O5S. The minimum absolute atomic E-state index is 0.00666. The van der Waals surface area contributed by atoms with E-state index in [2.05, 4.69) is 9.47 Å². The maximum absolute atomic E-state index is 11.9. The van der Waals surface area contributed by atoms with Gasteiger partial charge in [0.05, 0.1) is 25.0 Å². The van der Waals surface area contributed by atoms with Crippen LogP contribution in [0.15, 0.2) is 0 Å². The minimum atomic E-state index is -4.41. The van der Waals surface area contributed by atoms with E-state index in [0.717, 1.165) is 0 Å². The van der Waals surface area contributed by atoms with Gasteiger partial charge in [-0.05, 0) is 24.7 Å². The van der Waals surface area contributed by atoms with Gasteiger partial charge >= 0.3 is 12.1 Å². The zero-order valence-corrected chi connectivity index (χ0v) is 12.6. The standard InChI is InChI=1S/C12H19F3O5S/c1-19-10(16)7-11(3-4-11)9-21(17,18)6-2-5-20-8-12(13,14)15/h2-9H2,1H3. The van der Waals surface area contributed by atoms with Crippen molar-refractivity contribution in [3.05, 3.63) is 0 Å². The first kappa shape index (κ1) is 18.2. The number of carbonyl (C=O) groups is 1. The molecule has 0 aliphatic heterocycles. The normalized spacial score (nSPS) is 17.5. The Labute approximate surface area is 121 Å². The summed E-state index contributed by atoms with van der Waals surface area (Å²) in [5.41, 5.74) is -0.543. The predicted molar refractivity (Wildman–Crippen MR) is 68.4 cm³/mol. The first-order chi connectivity index (χ1) is 9.58. The highest BCUT2D eigenvalue weighted by Gasteiger charge is 2.47. The van der Waals surface area contributed by atoms with Crippen LogP contribution >= 0.6 is 0 Å². The summed E-state index contributed by atoms with van der Waals surface area (Å²) < 4.78 is 68.1. The molecule has 0 radical (unpaired) electrons. The molecule has 124 valence electrons. The van der Waals surface area contributed by atoms with Gasteiger partial charge in [-0.25, -0.2) is 8.42 Å². The summed E-state index contributed by atoms with van der Waals surface area (Å²) in [4.78, 5) is 11.2. The van der Waals surface area contributed by atoms with Gasteiger partial charge in [-0.1, -0.05) is 0 Å². The van der Waals surface area contributed by atoms with E-state index in [9.17, 15) is 26.4 Å². The second-order valence-electron chi connectivity index (χ2n) is 5.37. The van der Waals surface area contributed by atoms with E-state index in [0.29, 0.717) is 12.8 Å². The lowest BCUT2D eigenvalue weighted by molar-refractivity contribution is -0.173. The first-order valence-electron chi connectivity index (χ1n) is 6.49. The number of esters is 1. The molecule has 0 unspecified atom stereocenters. The average Bonchev–Trinajstić information content (AvgIpc) is 3.05. The number of hydrogen-bond acceptors (Lipinski definition) is 5. The van der Waals surface area contributed by atoms with Crippen molar-refractivity contribution in [3.8, 4) is 0 Å². The third-order valence-electron chi connectivity index (χ3n) is 3.24. The lowest BCUT2D eigenvalue weighted by Crippen LogP contribution is -2.24. The number of hydrogen-bond donors (Lipinski definition) is 0. The summed E-state index contributed by atoms with van der Waals surface area (Å²) in [6.45, 7) is -1.64. The Balaban J connectivity index is 2.29. The lowest BCUT2D eigenvalue weighted by Gasteiger charge is -2.14. The van der Waals surface area contributed by atoms with Crippen LogP contribution in [0, 0.1) is 5.41 Å². The maximum Gasteiger partial charge on any atom is 0.411 e. The molecule has 0 amide bonds. The summed E-state index contributed by atoms with van der Waals surface area (Å²) >= 11 is 0. The molecule has 0 atom stereocenters. The van der Waals surface area contributed by atoms with Crippen LogP contribution in [0.5, 0.6) is 0 Å². The molecule has 1 aliphatic carbocycles. The van der Waals surface area contributed by atoms with Gasteiger partial charge in [0.2, 0.25) is 0 Å². The Kier molecular flexibility index (Phi) is 6.03. The highest BCUT2D eigenvalue weighted by atomic mass is 32.2. The third kappa shape index (κ3) is 7.66. The molecule has 0 N–H and O–H groups in total. The van der Waals surface area contributed by atoms with Gasteiger partial charge in [0.25, 0.3) is 0 Å². The van der Waals surface area contributed by atoms with E-state index in [-0.39, 0.29) is 31.0 Å². The summed E-state index contributed by atoms with van der Waals surface area (Å²) in [5.74, 6) is -0.821. The van der Waals surface area contributed by atoms with Crippen LogP contribution in [0.1, 0.15) is 25.7 Å². The number of rotatable bonds is 9. The summed E-state index contributed by atoms with van der Waals surface area (Å²) in [6, 6.07) is 0. The molecule has 0 saturated heterocycles. The highest BCUT2D eigenvalue weighted by molar-refractivity contribution is 7.91. The zero-order chi connectivity index (χ0) is 16.1. The molecule has 9 heteroatoms. The van der Waals surface area contributed by atoms with Crippen LogP contribution in [0.4, 0.5) is 13.2 Å². The molecule has 0 aromatic rings. The van der Waals surface area contributed by atoms with Crippen molar-refractivity contribution in [2.45, 2.75) is 31.9 Å². The summed E-state index contributed by atoms with van der Waals surface area (Å²) in [7, 11) is -2.17. The smallest absolute Gasteiger partial charge is 0.411 e. The van der Waals surface area contributed by atoms with E-state index in [1.54, 1.807) is 0 Å². The summed E-state index contributed by atoms with van der Waals surface area (Å²) in [6.07, 6.45) is -3.05. The Morgan fingerprint density at radius 1 is 1.29 bits per heavy atom. The average molecular weight is 332 g/mol. The maximum atomic E-state index is 11.9. The van der Waals surface area contributed by atoms with Gasteiger partial charge in [0.15, 0.2) is 9.84 Å². The molecule has 0 aromatic carbocycles. The van der Waals surface area contributed by atoms with E-state index in [4.69, 9.17) is 0 Å². The molecule has 0 heterocycles. The second kappa shape index (κ2) is 6.95. The van der Waals surface area contributed by atoms with Crippen molar-refractivity contribution in [2.24, 2.45) is 5.41 Å². The van der Waals surface area contributed by atoms with Crippen molar-refractivity contribution < 1.29 is 35.9 Å². The molecule has 5 nitrogen and oxygen atoms in total. The minimum Gasteiger partial charge on any atom is -0.469 e. The van der Waals surface area contributed by atoms with Crippen molar-refractivity contribution in [3.63, 3.8) is 0 Å². The Hall–Kier alpha value is -0.830.